The molecule has 0 saturated heterocycles. The number of cyclic esters (lactones) is 1. The van der Waals surface area contributed by atoms with Gasteiger partial charge in [0.05, 0.1) is 29.3 Å². The van der Waals surface area contributed by atoms with Crippen molar-refractivity contribution in [3.05, 3.63) is 76.6 Å². The van der Waals surface area contributed by atoms with E-state index in [-0.39, 0.29) is 17.9 Å². The fraction of sp³-hybridized carbons (Fsp3) is 0.136. The third kappa shape index (κ3) is 3.79. The maximum atomic E-state index is 13.0. The summed E-state index contributed by atoms with van der Waals surface area (Å²) in [6.07, 6.45) is 2.78. The first-order valence-corrected chi connectivity index (χ1v) is 9.47. The second-order valence-corrected chi connectivity index (χ2v) is 7.15. The van der Waals surface area contributed by atoms with Gasteiger partial charge in [-0.1, -0.05) is 29.8 Å². The molecule has 0 fully saturated rings. The number of ketones is 1. The minimum absolute atomic E-state index is 0.0699. The molecule has 3 aromatic rings. The molecule has 4 rings (SSSR count). The summed E-state index contributed by atoms with van der Waals surface area (Å²) < 4.78 is 12.1. The smallest absolute Gasteiger partial charge is 0.333 e. The number of hydrogen-bond donors (Lipinski definition) is 1. The van der Waals surface area contributed by atoms with Crippen LogP contribution in [0.3, 0.4) is 0 Å². The van der Waals surface area contributed by atoms with Crippen molar-refractivity contribution in [2.75, 3.05) is 13.7 Å². The Hall–Kier alpha value is -3.58. The van der Waals surface area contributed by atoms with Gasteiger partial charge in [-0.25, -0.2) is 4.79 Å². The van der Waals surface area contributed by atoms with Crippen LogP contribution in [0.25, 0.3) is 10.9 Å². The summed E-state index contributed by atoms with van der Waals surface area (Å²) in [5, 5.41) is 3.61. The van der Waals surface area contributed by atoms with E-state index < -0.39 is 17.7 Å². The average Bonchev–Trinajstić information content (AvgIpc) is 3.32. The van der Waals surface area contributed by atoms with Crippen molar-refractivity contribution in [3.8, 4) is 5.75 Å². The lowest BCUT2D eigenvalue weighted by Gasteiger charge is -2.07. The molecule has 1 amide bonds. The zero-order valence-electron chi connectivity index (χ0n) is 16.0. The van der Waals surface area contributed by atoms with E-state index >= 15 is 0 Å². The predicted octanol–water partition coefficient (Wildman–Crippen LogP) is 3.09. The lowest BCUT2D eigenvalue weighted by Crippen LogP contribution is -2.31. The van der Waals surface area contributed by atoms with Crippen molar-refractivity contribution in [3.63, 3.8) is 0 Å². The first-order valence-electron chi connectivity index (χ1n) is 9.09. The van der Waals surface area contributed by atoms with Gasteiger partial charge in [0, 0.05) is 23.8 Å². The van der Waals surface area contributed by atoms with Crippen LogP contribution in [0.2, 0.25) is 5.02 Å². The third-order valence-corrected chi connectivity index (χ3v) is 4.99. The molecule has 2 heterocycles. The molecule has 30 heavy (non-hydrogen) atoms. The summed E-state index contributed by atoms with van der Waals surface area (Å²) >= 11 is 5.96. The number of carbonyl (C=O) groups is 3. The van der Waals surface area contributed by atoms with E-state index in [4.69, 9.17) is 21.1 Å². The number of Topliss-reactive ketones (excluding diaryl/α,β-unsaturated/α-hetero) is 1. The molecule has 0 radical (unpaired) electrons. The number of nitrogens with zero attached hydrogens (tertiary/aromatic N) is 1. The van der Waals surface area contributed by atoms with Crippen LogP contribution in [-0.2, 0) is 20.9 Å². The van der Waals surface area contributed by atoms with Gasteiger partial charge in [0.15, 0.2) is 0 Å². The molecular formula is C22H17ClN2O5. The quantitative estimate of drug-likeness (QED) is 0.373. The van der Waals surface area contributed by atoms with E-state index in [1.807, 2.05) is 28.8 Å². The lowest BCUT2D eigenvalue weighted by molar-refractivity contribution is -0.135. The van der Waals surface area contributed by atoms with Gasteiger partial charge in [-0.2, -0.15) is 0 Å². The standard InChI is InChI=1S/C22H17ClN2O5/c1-29-18-4-2-3-17-20(18)16(11-25(17)10-13-5-7-14(23)8-6-13)21(27)22(28)24-15-9-19(26)30-12-15/h2-9,11H,10,12H2,1H3,(H,24,28). The second-order valence-electron chi connectivity index (χ2n) is 6.71. The molecule has 1 aliphatic rings. The molecule has 1 aromatic heterocycles. The number of rotatable bonds is 6. The fourth-order valence-corrected chi connectivity index (χ4v) is 3.48. The van der Waals surface area contributed by atoms with Gasteiger partial charge in [0.1, 0.15) is 12.4 Å². The highest BCUT2D eigenvalue weighted by atomic mass is 35.5. The normalized spacial score (nSPS) is 13.1. The summed E-state index contributed by atoms with van der Waals surface area (Å²) in [7, 11) is 1.51. The van der Waals surface area contributed by atoms with Gasteiger partial charge in [-0.3, -0.25) is 9.59 Å². The maximum absolute atomic E-state index is 13.0. The molecule has 0 unspecified atom stereocenters. The van der Waals surface area contributed by atoms with E-state index in [0.717, 1.165) is 17.2 Å². The Kier molecular flexibility index (Phi) is 5.29. The molecule has 2 aromatic carbocycles. The Bertz CT molecular complexity index is 1190. The fourth-order valence-electron chi connectivity index (χ4n) is 3.35. The van der Waals surface area contributed by atoms with Crippen LogP contribution in [0.15, 0.2) is 60.4 Å². The van der Waals surface area contributed by atoms with Crippen molar-refractivity contribution >= 4 is 40.2 Å². The molecule has 0 atom stereocenters. The van der Waals surface area contributed by atoms with E-state index in [9.17, 15) is 14.4 Å². The number of carbonyl (C=O) groups excluding carboxylic acids is 3. The zero-order chi connectivity index (χ0) is 21.3. The van der Waals surface area contributed by atoms with E-state index in [1.54, 1.807) is 24.4 Å². The molecule has 0 aliphatic carbocycles. The number of nitrogens with one attached hydrogen (secondary N) is 1. The average molecular weight is 425 g/mol. The number of benzene rings is 2. The Morgan fingerprint density at radius 2 is 1.97 bits per heavy atom. The van der Waals surface area contributed by atoms with Crippen molar-refractivity contribution < 1.29 is 23.9 Å². The number of amides is 1. The highest BCUT2D eigenvalue weighted by molar-refractivity contribution is 6.45. The summed E-state index contributed by atoms with van der Waals surface area (Å²) in [6, 6.07) is 12.8. The van der Waals surface area contributed by atoms with Gasteiger partial charge >= 0.3 is 5.97 Å². The van der Waals surface area contributed by atoms with Crippen molar-refractivity contribution in [1.29, 1.82) is 0 Å². The monoisotopic (exact) mass is 424 g/mol. The van der Waals surface area contributed by atoms with Crippen molar-refractivity contribution in [2.24, 2.45) is 0 Å². The van der Waals surface area contributed by atoms with Crippen LogP contribution in [0.4, 0.5) is 0 Å². The van der Waals surface area contributed by atoms with Gasteiger partial charge in [0.25, 0.3) is 11.7 Å². The first-order chi connectivity index (χ1) is 14.5. The lowest BCUT2D eigenvalue weighted by atomic mass is 10.1. The summed E-state index contributed by atoms with van der Waals surface area (Å²) in [5.41, 5.74) is 2.18. The van der Waals surface area contributed by atoms with E-state index in [2.05, 4.69) is 5.32 Å². The van der Waals surface area contributed by atoms with E-state index in [1.165, 1.54) is 7.11 Å². The van der Waals surface area contributed by atoms with Gasteiger partial charge in [-0.15, -0.1) is 0 Å². The highest BCUT2D eigenvalue weighted by Gasteiger charge is 2.26. The number of fused-ring (bicyclic) bond motifs is 1. The number of halogens is 1. The number of ether oxygens (including phenoxy) is 2. The Morgan fingerprint density at radius 1 is 1.20 bits per heavy atom. The maximum Gasteiger partial charge on any atom is 0.333 e. The van der Waals surface area contributed by atoms with Crippen molar-refractivity contribution in [2.45, 2.75) is 6.54 Å². The molecule has 1 aliphatic heterocycles. The summed E-state index contributed by atoms with van der Waals surface area (Å²) in [5.74, 6) is -1.66. The SMILES string of the molecule is COc1cccc2c1c(C(=O)C(=O)NC1=CC(=O)OC1)cn2Cc1ccc(Cl)cc1. The Labute approximate surface area is 176 Å². The number of methoxy groups -OCH3 is 1. The topological polar surface area (TPSA) is 86.6 Å². The second kappa shape index (κ2) is 8.04. The molecule has 0 saturated carbocycles. The number of aromatic nitrogens is 1. The predicted molar refractivity (Wildman–Crippen MR) is 111 cm³/mol. The zero-order valence-corrected chi connectivity index (χ0v) is 16.7. The minimum Gasteiger partial charge on any atom is -0.496 e. The third-order valence-electron chi connectivity index (χ3n) is 4.74. The molecule has 0 spiro atoms. The number of hydrogen-bond acceptors (Lipinski definition) is 5. The summed E-state index contributed by atoms with van der Waals surface area (Å²) in [6.45, 7) is 0.405. The molecule has 1 N–H and O–H groups in total. The molecule has 152 valence electrons. The Balaban J connectivity index is 1.72. The van der Waals surface area contributed by atoms with Crippen LogP contribution in [0, 0.1) is 0 Å². The van der Waals surface area contributed by atoms with Gasteiger partial charge < -0.3 is 19.4 Å². The number of esters is 1. The van der Waals surface area contributed by atoms with Crippen molar-refractivity contribution in [1.82, 2.24) is 9.88 Å². The largest absolute Gasteiger partial charge is 0.496 e. The summed E-state index contributed by atoms with van der Waals surface area (Å²) in [4.78, 5) is 36.6. The van der Waals surface area contributed by atoms with Crippen LogP contribution in [0.1, 0.15) is 15.9 Å². The van der Waals surface area contributed by atoms with Crippen LogP contribution in [0.5, 0.6) is 5.75 Å². The highest BCUT2D eigenvalue weighted by Crippen LogP contribution is 2.31. The van der Waals surface area contributed by atoms with Crippen LogP contribution >= 0.6 is 11.6 Å². The molecule has 8 heteroatoms. The molecule has 0 bridgehead atoms. The van der Waals surface area contributed by atoms with E-state index in [0.29, 0.717) is 22.7 Å². The van der Waals surface area contributed by atoms with Gasteiger partial charge in [-0.05, 0) is 29.8 Å². The van der Waals surface area contributed by atoms with Crippen LogP contribution in [-0.4, -0.2) is 35.9 Å². The molecule has 7 nitrogen and oxygen atoms in total. The van der Waals surface area contributed by atoms with Crippen LogP contribution < -0.4 is 10.1 Å². The van der Waals surface area contributed by atoms with Gasteiger partial charge in [0.2, 0.25) is 0 Å². The Morgan fingerprint density at radius 3 is 2.63 bits per heavy atom. The first kappa shape index (κ1) is 19.7. The molecular weight excluding hydrogens is 408 g/mol. The minimum atomic E-state index is -0.851.